The molecule has 41 heavy (non-hydrogen) atoms. The van der Waals surface area contributed by atoms with Gasteiger partial charge in [-0.3, -0.25) is 23.9 Å². The van der Waals surface area contributed by atoms with Crippen molar-refractivity contribution in [1.82, 2.24) is 20.3 Å². The summed E-state index contributed by atoms with van der Waals surface area (Å²) in [6, 6.07) is 4.83. The lowest BCUT2D eigenvalue weighted by Gasteiger charge is -2.30. The molecule has 0 bridgehead atoms. The standard InChI is InChI=1S/C29H37ClN4O6S/c1-16-13-23-26(36)32-29(28(38)33-41(39,40)20-11-12-20)21-14-18(24(21)29)5-3-2-4-6-22(27(37)34(23)15-16)31-25(35)17-7-9-19(30)10-8-17/h7-10,16,18,20-24H,2-6,11-15H2,1H3,(H,31,35)(H,32,36)(H,33,38)/t16-,18?,21-,22+,23+,24?,29+/m1/s1. The second-order valence-corrected chi connectivity index (χ2v) is 15.1. The highest BCUT2D eigenvalue weighted by atomic mass is 35.5. The van der Waals surface area contributed by atoms with Gasteiger partial charge in [-0.25, -0.2) is 8.42 Å². The van der Waals surface area contributed by atoms with E-state index in [-0.39, 0.29) is 35.5 Å². The van der Waals surface area contributed by atoms with Crippen molar-refractivity contribution in [2.24, 2.45) is 23.7 Å². The summed E-state index contributed by atoms with van der Waals surface area (Å²) in [5, 5.41) is 5.83. The van der Waals surface area contributed by atoms with E-state index in [4.69, 9.17) is 11.6 Å². The normalized spacial score (nSPS) is 35.2. The second kappa shape index (κ2) is 10.6. The highest BCUT2D eigenvalue weighted by Gasteiger charge is 2.78. The van der Waals surface area contributed by atoms with Crippen molar-refractivity contribution in [2.75, 3.05) is 6.54 Å². The van der Waals surface area contributed by atoms with Crippen LogP contribution in [0.1, 0.15) is 75.1 Å². The Kier molecular flexibility index (Phi) is 7.33. The number of benzene rings is 1. The van der Waals surface area contributed by atoms with Crippen molar-refractivity contribution in [2.45, 2.75) is 87.6 Å². The summed E-state index contributed by atoms with van der Waals surface area (Å²) in [6.45, 7) is 2.32. The van der Waals surface area contributed by atoms with Gasteiger partial charge in [0.1, 0.15) is 17.6 Å². The van der Waals surface area contributed by atoms with Crippen LogP contribution in [-0.2, 0) is 24.4 Å². The topological polar surface area (TPSA) is 142 Å². The summed E-state index contributed by atoms with van der Waals surface area (Å²) in [7, 11) is -3.77. The van der Waals surface area contributed by atoms with Crippen LogP contribution < -0.4 is 15.4 Å². The van der Waals surface area contributed by atoms with Crippen LogP contribution in [-0.4, -0.2) is 66.4 Å². The third-order valence-electron chi connectivity index (χ3n) is 9.78. The first kappa shape index (κ1) is 28.5. The zero-order valence-corrected chi connectivity index (χ0v) is 24.7. The van der Waals surface area contributed by atoms with Crippen molar-refractivity contribution in [3.05, 3.63) is 34.9 Å². The summed E-state index contributed by atoms with van der Waals surface area (Å²) in [6.07, 6.45) is 6.05. The summed E-state index contributed by atoms with van der Waals surface area (Å²) < 4.78 is 27.6. The number of carbonyl (C=O) groups is 4. The third kappa shape index (κ3) is 5.24. The molecule has 3 aliphatic carbocycles. The van der Waals surface area contributed by atoms with Gasteiger partial charge in [-0.1, -0.05) is 44.2 Å². The predicted octanol–water partition coefficient (Wildman–Crippen LogP) is 2.37. The van der Waals surface area contributed by atoms with Gasteiger partial charge in [0.2, 0.25) is 21.8 Å². The maximum atomic E-state index is 13.9. The van der Waals surface area contributed by atoms with Gasteiger partial charge < -0.3 is 15.5 Å². The summed E-state index contributed by atoms with van der Waals surface area (Å²) in [4.78, 5) is 55.9. The molecule has 0 spiro atoms. The van der Waals surface area contributed by atoms with Gasteiger partial charge in [0.25, 0.3) is 11.8 Å². The molecular weight excluding hydrogens is 568 g/mol. The molecule has 0 aromatic heterocycles. The molecule has 5 fully saturated rings. The maximum absolute atomic E-state index is 13.9. The van der Waals surface area contributed by atoms with Crippen LogP contribution in [0.2, 0.25) is 5.02 Å². The van der Waals surface area contributed by atoms with Gasteiger partial charge in [0, 0.05) is 17.1 Å². The van der Waals surface area contributed by atoms with E-state index in [1.54, 1.807) is 24.3 Å². The number of fused-ring (bicyclic) bond motifs is 2. The first-order valence-corrected chi connectivity index (χ1v) is 16.7. The average Bonchev–Trinajstić information content (AvgIpc) is 3.80. The van der Waals surface area contributed by atoms with E-state index < -0.39 is 44.7 Å². The van der Waals surface area contributed by atoms with Gasteiger partial charge in [-0.2, -0.15) is 0 Å². The van der Waals surface area contributed by atoms with Gasteiger partial charge in [-0.15, -0.1) is 0 Å². The maximum Gasteiger partial charge on any atom is 0.259 e. The molecule has 6 rings (SSSR count). The van der Waals surface area contributed by atoms with Crippen LogP contribution in [0.15, 0.2) is 24.3 Å². The minimum Gasteiger partial charge on any atom is -0.340 e. The zero-order valence-electron chi connectivity index (χ0n) is 23.1. The number of amides is 4. The number of hydrogen-bond acceptors (Lipinski definition) is 6. The highest BCUT2D eigenvalue weighted by Crippen LogP contribution is 2.69. The summed E-state index contributed by atoms with van der Waals surface area (Å²) >= 11 is 5.97. The molecular formula is C29H37ClN4O6S. The molecule has 1 aromatic carbocycles. The Morgan fingerprint density at radius 2 is 1.73 bits per heavy atom. The Morgan fingerprint density at radius 1 is 1.02 bits per heavy atom. The molecule has 2 aliphatic heterocycles. The molecule has 222 valence electrons. The molecule has 0 radical (unpaired) electrons. The fourth-order valence-electron chi connectivity index (χ4n) is 7.38. The molecule has 1 aromatic rings. The van der Waals surface area contributed by atoms with Gasteiger partial charge in [-0.05, 0) is 80.0 Å². The Bertz CT molecular complexity index is 1370. The minimum absolute atomic E-state index is 0.0432. The van der Waals surface area contributed by atoms with Crippen molar-refractivity contribution in [3.63, 3.8) is 0 Å². The van der Waals surface area contributed by atoms with E-state index in [9.17, 15) is 27.6 Å². The van der Waals surface area contributed by atoms with Crippen LogP contribution in [0.25, 0.3) is 0 Å². The van der Waals surface area contributed by atoms with Crippen LogP contribution in [0, 0.1) is 23.7 Å². The number of halogens is 1. The van der Waals surface area contributed by atoms with Crippen LogP contribution in [0.4, 0.5) is 0 Å². The third-order valence-corrected chi connectivity index (χ3v) is 11.8. The minimum atomic E-state index is -3.77. The number of carbonyl (C=O) groups excluding carboxylic acids is 4. The number of nitrogens with zero attached hydrogens (tertiary/aromatic N) is 1. The van der Waals surface area contributed by atoms with Crippen molar-refractivity contribution in [3.8, 4) is 0 Å². The number of sulfonamides is 1. The fraction of sp³-hybridized carbons (Fsp3) is 0.655. The van der Waals surface area contributed by atoms with E-state index >= 15 is 0 Å². The molecule has 4 amide bonds. The SMILES string of the molecule is C[C@@H]1C[C@H]2C(=O)N[C@]3(C(=O)NS(=O)(=O)C4CC4)C4C(CCCCC[C@H](NC(=O)c5ccc(Cl)cc5)C(=O)N2C1)C[C@H]43. The Morgan fingerprint density at radius 3 is 2.44 bits per heavy atom. The van der Waals surface area contributed by atoms with E-state index in [2.05, 4.69) is 15.4 Å². The molecule has 2 saturated heterocycles. The van der Waals surface area contributed by atoms with Crippen LogP contribution in [0.5, 0.6) is 0 Å². The van der Waals surface area contributed by atoms with Gasteiger partial charge in [0.05, 0.1) is 5.25 Å². The molecule has 5 aliphatic rings. The average molecular weight is 605 g/mol. The van der Waals surface area contributed by atoms with Gasteiger partial charge >= 0.3 is 0 Å². The number of rotatable bonds is 5. The predicted molar refractivity (Wildman–Crippen MR) is 151 cm³/mol. The molecule has 3 saturated carbocycles. The second-order valence-electron chi connectivity index (χ2n) is 12.7. The molecule has 10 nitrogen and oxygen atoms in total. The van der Waals surface area contributed by atoms with Gasteiger partial charge in [0.15, 0.2) is 0 Å². The van der Waals surface area contributed by atoms with E-state index in [0.717, 1.165) is 32.1 Å². The number of hydrogen-bond donors (Lipinski definition) is 3. The van der Waals surface area contributed by atoms with E-state index in [1.165, 1.54) is 4.90 Å². The zero-order chi connectivity index (χ0) is 29.1. The molecule has 2 heterocycles. The van der Waals surface area contributed by atoms with E-state index in [1.807, 2.05) is 6.92 Å². The first-order chi connectivity index (χ1) is 19.5. The summed E-state index contributed by atoms with van der Waals surface area (Å²) in [5.74, 6) is -1.68. The lowest BCUT2D eigenvalue weighted by molar-refractivity contribution is -0.141. The monoisotopic (exact) mass is 604 g/mol. The first-order valence-electron chi connectivity index (χ1n) is 14.8. The molecule has 12 heteroatoms. The molecule has 7 atom stereocenters. The Labute approximate surface area is 245 Å². The van der Waals surface area contributed by atoms with Crippen molar-refractivity contribution in [1.29, 1.82) is 0 Å². The van der Waals surface area contributed by atoms with E-state index in [0.29, 0.717) is 42.8 Å². The smallest absolute Gasteiger partial charge is 0.259 e. The highest BCUT2D eigenvalue weighted by molar-refractivity contribution is 7.91. The van der Waals surface area contributed by atoms with Crippen molar-refractivity contribution < 1.29 is 27.6 Å². The van der Waals surface area contributed by atoms with Crippen molar-refractivity contribution >= 4 is 45.3 Å². The fourth-order valence-corrected chi connectivity index (χ4v) is 8.86. The largest absolute Gasteiger partial charge is 0.340 e. The lowest BCUT2D eigenvalue weighted by Crippen LogP contribution is -2.58. The number of nitrogens with one attached hydrogen (secondary N) is 3. The quantitative estimate of drug-likeness (QED) is 0.471. The Balaban J connectivity index is 1.24. The Hall–Kier alpha value is -2.66. The lowest BCUT2D eigenvalue weighted by atomic mass is 9.81. The van der Waals surface area contributed by atoms with Crippen LogP contribution >= 0.6 is 11.6 Å². The summed E-state index contributed by atoms with van der Waals surface area (Å²) in [5.41, 5.74) is -0.865. The molecule has 3 N–H and O–H groups in total. The molecule has 2 unspecified atom stereocenters. The van der Waals surface area contributed by atoms with Crippen LogP contribution in [0.3, 0.4) is 0 Å².